The molecule has 2 aromatic rings. The summed E-state index contributed by atoms with van der Waals surface area (Å²) in [4.78, 5) is 6.02. The van der Waals surface area contributed by atoms with Crippen LogP contribution in [0.5, 0.6) is 0 Å². The third-order valence-electron chi connectivity index (χ3n) is 5.69. The van der Waals surface area contributed by atoms with Crippen LogP contribution in [-0.4, -0.2) is 35.1 Å². The Morgan fingerprint density at radius 3 is 2.61 bits per heavy atom. The second-order valence-electron chi connectivity index (χ2n) is 7.23. The van der Waals surface area contributed by atoms with Gasteiger partial charge in [0.05, 0.1) is 17.3 Å². The van der Waals surface area contributed by atoms with Crippen molar-refractivity contribution in [2.24, 2.45) is 4.99 Å². The van der Waals surface area contributed by atoms with Gasteiger partial charge in [0.25, 0.3) is 0 Å². The quantitative estimate of drug-likeness (QED) is 0.708. The van der Waals surface area contributed by atoms with Crippen molar-refractivity contribution in [1.82, 2.24) is 9.47 Å². The lowest BCUT2D eigenvalue weighted by Gasteiger charge is -2.37. The van der Waals surface area contributed by atoms with E-state index in [1.165, 1.54) is 0 Å². The van der Waals surface area contributed by atoms with Crippen LogP contribution in [-0.2, 0) is 6.67 Å². The minimum absolute atomic E-state index is 0.202. The smallest absolute Gasteiger partial charge is 0.163 e. The van der Waals surface area contributed by atoms with Crippen molar-refractivity contribution >= 4 is 17.1 Å². The van der Waals surface area contributed by atoms with Crippen LogP contribution < -0.4 is 0 Å². The number of nitriles is 1. The largest absolute Gasteiger partial charge is 0.343 e. The molecule has 1 fully saturated rings. The third kappa shape index (κ3) is 2.88. The first-order valence-corrected chi connectivity index (χ1v) is 9.45. The fraction of sp³-hybridized carbons (Fsp3) is 0.429. The van der Waals surface area contributed by atoms with Gasteiger partial charge in [-0.1, -0.05) is 6.07 Å². The first-order valence-electron chi connectivity index (χ1n) is 9.45. The van der Waals surface area contributed by atoms with E-state index in [4.69, 9.17) is 0 Å². The Hall–Kier alpha value is -2.75. The standard InChI is InChI=1S/C21H21F3N4/c22-10-14-5-6-19-17(9-14)18(13-25)20(28(19)15-3-1-4-15)21-26-7-2-8-27(21)16(11-23)12-24/h2,5-9,15-16,21H,1,3-4,10-12H2. The molecule has 146 valence electrons. The Bertz CT molecular complexity index is 964. The second-order valence-corrected chi connectivity index (χ2v) is 7.23. The van der Waals surface area contributed by atoms with Gasteiger partial charge in [-0.25, -0.2) is 13.2 Å². The molecule has 4 rings (SSSR count). The molecule has 7 heteroatoms. The number of halogens is 3. The highest BCUT2D eigenvalue weighted by atomic mass is 19.1. The summed E-state index contributed by atoms with van der Waals surface area (Å²) in [5, 5.41) is 10.6. The number of hydrogen-bond donors (Lipinski definition) is 0. The average molecular weight is 386 g/mol. The molecule has 1 atom stereocenters. The van der Waals surface area contributed by atoms with Crippen molar-refractivity contribution in [3.05, 3.63) is 47.3 Å². The average Bonchev–Trinajstić information content (AvgIpc) is 3.01. The Morgan fingerprint density at radius 1 is 1.21 bits per heavy atom. The SMILES string of the molecule is N#Cc1c(C2N=CC=CN2C(CF)CF)n(C2CCC2)c2ccc(CF)cc12. The van der Waals surface area contributed by atoms with E-state index in [2.05, 4.69) is 15.6 Å². The van der Waals surface area contributed by atoms with Gasteiger partial charge in [-0.05, 0) is 43.0 Å². The summed E-state index contributed by atoms with van der Waals surface area (Å²) in [7, 11) is 0. The zero-order chi connectivity index (χ0) is 19.7. The maximum absolute atomic E-state index is 13.5. The molecule has 1 aliphatic carbocycles. The fourth-order valence-corrected chi connectivity index (χ4v) is 4.04. The summed E-state index contributed by atoms with van der Waals surface area (Å²) >= 11 is 0. The number of allylic oxidation sites excluding steroid dienone is 1. The molecule has 28 heavy (non-hydrogen) atoms. The second kappa shape index (κ2) is 7.70. The lowest BCUT2D eigenvalue weighted by atomic mass is 9.92. The van der Waals surface area contributed by atoms with Gasteiger partial charge in [0.15, 0.2) is 6.17 Å². The molecule has 4 nitrogen and oxygen atoms in total. The number of rotatable bonds is 6. The van der Waals surface area contributed by atoms with E-state index in [1.807, 2.05) is 6.07 Å². The highest BCUT2D eigenvalue weighted by molar-refractivity contribution is 5.89. The summed E-state index contributed by atoms with van der Waals surface area (Å²) in [5.74, 6) is 0. The molecular weight excluding hydrogens is 365 g/mol. The van der Waals surface area contributed by atoms with E-state index in [9.17, 15) is 18.4 Å². The number of aromatic nitrogens is 1. The molecule has 2 heterocycles. The normalized spacial score (nSPS) is 19.4. The number of nitrogens with zero attached hydrogens (tertiary/aromatic N) is 4. The Morgan fingerprint density at radius 2 is 2.00 bits per heavy atom. The lowest BCUT2D eigenvalue weighted by Crippen LogP contribution is -2.39. The van der Waals surface area contributed by atoms with Crippen molar-refractivity contribution in [3.63, 3.8) is 0 Å². The summed E-state index contributed by atoms with van der Waals surface area (Å²) in [6.45, 7) is -2.33. The van der Waals surface area contributed by atoms with Crippen LogP contribution in [0.2, 0.25) is 0 Å². The van der Waals surface area contributed by atoms with Crippen LogP contribution in [0.1, 0.15) is 48.3 Å². The first-order chi connectivity index (χ1) is 13.7. The minimum atomic E-state index is -0.973. The van der Waals surface area contributed by atoms with E-state index in [1.54, 1.807) is 35.5 Å². The molecule has 1 aromatic carbocycles. The molecule has 0 amide bonds. The van der Waals surface area contributed by atoms with Gasteiger partial charge < -0.3 is 9.47 Å². The van der Waals surface area contributed by atoms with Crippen LogP contribution in [0.25, 0.3) is 10.9 Å². The van der Waals surface area contributed by atoms with Gasteiger partial charge in [0.2, 0.25) is 0 Å². The molecule has 1 aromatic heterocycles. The van der Waals surface area contributed by atoms with Gasteiger partial charge in [-0.3, -0.25) is 4.99 Å². The highest BCUT2D eigenvalue weighted by Gasteiger charge is 2.35. The van der Waals surface area contributed by atoms with Gasteiger partial charge in [0.1, 0.15) is 26.1 Å². The van der Waals surface area contributed by atoms with Gasteiger partial charge in [-0.2, -0.15) is 5.26 Å². The summed E-state index contributed by atoms with van der Waals surface area (Å²) < 4.78 is 42.3. The number of aliphatic imine (C=N–C) groups is 1. The van der Waals surface area contributed by atoms with Gasteiger partial charge in [0, 0.05) is 29.4 Å². The molecule has 0 saturated heterocycles. The van der Waals surface area contributed by atoms with Crippen LogP contribution in [0.3, 0.4) is 0 Å². The number of hydrogen-bond acceptors (Lipinski definition) is 3. The predicted molar refractivity (Wildman–Crippen MR) is 102 cm³/mol. The van der Waals surface area contributed by atoms with Gasteiger partial charge in [-0.15, -0.1) is 0 Å². The summed E-state index contributed by atoms with van der Waals surface area (Å²) in [5.41, 5.74) is 2.37. The maximum atomic E-state index is 13.5. The predicted octanol–water partition coefficient (Wildman–Crippen LogP) is 4.91. The topological polar surface area (TPSA) is 44.3 Å². The van der Waals surface area contributed by atoms with Crippen LogP contribution in [0.15, 0.2) is 35.5 Å². The van der Waals surface area contributed by atoms with E-state index in [0.29, 0.717) is 22.2 Å². The third-order valence-corrected chi connectivity index (χ3v) is 5.69. The maximum Gasteiger partial charge on any atom is 0.163 e. The van der Waals surface area contributed by atoms with Crippen LogP contribution in [0.4, 0.5) is 13.2 Å². The van der Waals surface area contributed by atoms with Crippen molar-refractivity contribution in [2.75, 3.05) is 13.3 Å². The zero-order valence-electron chi connectivity index (χ0n) is 15.4. The molecule has 1 unspecified atom stereocenters. The number of fused-ring (bicyclic) bond motifs is 1. The zero-order valence-corrected chi connectivity index (χ0v) is 15.4. The Labute approximate surface area is 161 Å². The molecule has 2 aliphatic rings. The molecule has 0 N–H and O–H groups in total. The van der Waals surface area contributed by atoms with Gasteiger partial charge >= 0.3 is 0 Å². The molecular formula is C21H21F3N4. The summed E-state index contributed by atoms with van der Waals surface area (Å²) in [6, 6.07) is 6.73. The lowest BCUT2D eigenvalue weighted by molar-refractivity contribution is 0.140. The van der Waals surface area contributed by atoms with Crippen LogP contribution in [0, 0.1) is 11.3 Å². The number of alkyl halides is 3. The van der Waals surface area contributed by atoms with E-state index < -0.39 is 32.2 Å². The molecule has 0 bridgehead atoms. The highest BCUT2D eigenvalue weighted by Crippen LogP contribution is 2.43. The van der Waals surface area contributed by atoms with Crippen molar-refractivity contribution < 1.29 is 13.2 Å². The first kappa shape index (κ1) is 18.6. The number of benzene rings is 1. The monoisotopic (exact) mass is 386 g/mol. The van der Waals surface area contributed by atoms with Crippen LogP contribution >= 0.6 is 0 Å². The molecule has 0 spiro atoms. The minimum Gasteiger partial charge on any atom is -0.343 e. The van der Waals surface area contributed by atoms with E-state index in [-0.39, 0.29) is 6.04 Å². The van der Waals surface area contributed by atoms with Crippen molar-refractivity contribution in [3.8, 4) is 6.07 Å². The van der Waals surface area contributed by atoms with Crippen molar-refractivity contribution in [1.29, 1.82) is 5.26 Å². The molecule has 1 aliphatic heterocycles. The van der Waals surface area contributed by atoms with E-state index in [0.717, 1.165) is 24.8 Å². The molecule has 0 radical (unpaired) electrons. The van der Waals surface area contributed by atoms with E-state index >= 15 is 0 Å². The Kier molecular flexibility index (Phi) is 5.12. The molecule has 1 saturated carbocycles. The van der Waals surface area contributed by atoms with Crippen molar-refractivity contribution in [2.45, 2.75) is 44.2 Å². The summed E-state index contributed by atoms with van der Waals surface area (Å²) in [6.07, 6.45) is 7.17. The fourth-order valence-electron chi connectivity index (χ4n) is 4.04. The Balaban J connectivity index is 1.95.